The molecule has 20 heavy (non-hydrogen) atoms. The molecule has 1 saturated heterocycles. The predicted molar refractivity (Wildman–Crippen MR) is 76.3 cm³/mol. The molecule has 0 aromatic rings. The summed E-state index contributed by atoms with van der Waals surface area (Å²) in [6.07, 6.45) is 1.97. The number of carbonyl (C=O) groups is 2. The van der Waals surface area contributed by atoms with E-state index in [1.54, 1.807) is 11.8 Å². The summed E-state index contributed by atoms with van der Waals surface area (Å²) in [6, 6.07) is 0. The van der Waals surface area contributed by atoms with Gasteiger partial charge in [0.2, 0.25) is 0 Å². The van der Waals surface area contributed by atoms with Crippen molar-refractivity contribution in [1.82, 2.24) is 4.90 Å². The molecule has 0 saturated carbocycles. The monoisotopic (exact) mass is 283 g/mol. The first kappa shape index (κ1) is 16.5. The van der Waals surface area contributed by atoms with Gasteiger partial charge in [0.05, 0.1) is 6.61 Å². The van der Waals surface area contributed by atoms with E-state index in [0.717, 1.165) is 12.0 Å². The van der Waals surface area contributed by atoms with Gasteiger partial charge in [-0.2, -0.15) is 0 Å². The number of carbonyl (C=O) groups excluding carboxylic acids is 2. The lowest BCUT2D eigenvalue weighted by Crippen LogP contribution is -2.43. The SMILES string of the molecule is CCOC(=O)/C=C1\CC(C)CN(C(=O)OC(C)(C)C)C1. The number of ether oxygens (including phenoxy) is 2. The van der Waals surface area contributed by atoms with Gasteiger partial charge in [-0.1, -0.05) is 6.92 Å². The molecule has 0 N–H and O–H groups in total. The third-order valence-electron chi connectivity index (χ3n) is 2.80. The van der Waals surface area contributed by atoms with Gasteiger partial charge in [0.1, 0.15) is 5.60 Å². The Kier molecular flexibility index (Phi) is 5.60. The third-order valence-corrected chi connectivity index (χ3v) is 2.80. The lowest BCUT2D eigenvalue weighted by atomic mass is 9.95. The Hall–Kier alpha value is -1.52. The molecule has 1 aliphatic rings. The number of amides is 1. The fraction of sp³-hybridized carbons (Fsp3) is 0.733. The first-order chi connectivity index (χ1) is 9.21. The lowest BCUT2D eigenvalue weighted by molar-refractivity contribution is -0.137. The molecule has 1 rings (SSSR count). The van der Waals surface area contributed by atoms with Crippen molar-refractivity contribution in [1.29, 1.82) is 0 Å². The van der Waals surface area contributed by atoms with Gasteiger partial charge in [0, 0.05) is 19.2 Å². The van der Waals surface area contributed by atoms with E-state index in [4.69, 9.17) is 9.47 Å². The van der Waals surface area contributed by atoms with Gasteiger partial charge in [0.15, 0.2) is 0 Å². The smallest absolute Gasteiger partial charge is 0.410 e. The van der Waals surface area contributed by atoms with Crippen LogP contribution in [0.2, 0.25) is 0 Å². The fourth-order valence-electron chi connectivity index (χ4n) is 2.18. The molecule has 0 aromatic carbocycles. The summed E-state index contributed by atoms with van der Waals surface area (Å²) in [5, 5.41) is 0. The highest BCUT2D eigenvalue weighted by molar-refractivity contribution is 5.83. The summed E-state index contributed by atoms with van der Waals surface area (Å²) in [6.45, 7) is 10.8. The average molecular weight is 283 g/mol. The highest BCUT2D eigenvalue weighted by Gasteiger charge is 2.28. The quantitative estimate of drug-likeness (QED) is 0.577. The van der Waals surface area contributed by atoms with Crippen molar-refractivity contribution < 1.29 is 19.1 Å². The van der Waals surface area contributed by atoms with Crippen molar-refractivity contribution in [2.45, 2.75) is 46.6 Å². The van der Waals surface area contributed by atoms with Gasteiger partial charge >= 0.3 is 12.1 Å². The fourth-order valence-corrected chi connectivity index (χ4v) is 2.18. The summed E-state index contributed by atoms with van der Waals surface area (Å²) in [5.74, 6) is -0.0438. The molecule has 0 radical (unpaired) electrons. The van der Waals surface area contributed by atoms with E-state index in [9.17, 15) is 9.59 Å². The standard InChI is InChI=1S/C15H25NO4/c1-6-19-13(17)8-12-7-11(2)9-16(10-12)14(18)20-15(3,4)5/h8,11H,6-7,9-10H2,1-5H3/b12-8+. The predicted octanol–water partition coefficient (Wildman–Crippen LogP) is 2.75. The second-order valence-corrected chi connectivity index (χ2v) is 6.22. The van der Waals surface area contributed by atoms with Crippen LogP contribution in [0, 0.1) is 5.92 Å². The molecule has 5 heteroatoms. The average Bonchev–Trinajstić information content (AvgIpc) is 2.25. The molecule has 1 aliphatic heterocycles. The summed E-state index contributed by atoms with van der Waals surface area (Å²) >= 11 is 0. The third kappa shape index (κ3) is 5.63. The molecule has 1 amide bonds. The number of hydrogen-bond acceptors (Lipinski definition) is 4. The normalized spacial score (nSPS) is 21.8. The summed E-state index contributed by atoms with van der Waals surface area (Å²) in [4.78, 5) is 25.2. The number of likely N-dealkylation sites (tertiary alicyclic amines) is 1. The summed E-state index contributed by atoms with van der Waals surface area (Å²) < 4.78 is 10.3. The molecule has 1 heterocycles. The van der Waals surface area contributed by atoms with E-state index >= 15 is 0 Å². The van der Waals surface area contributed by atoms with E-state index < -0.39 is 5.60 Å². The van der Waals surface area contributed by atoms with Crippen molar-refractivity contribution in [2.24, 2.45) is 5.92 Å². The molecule has 1 atom stereocenters. The molecule has 0 bridgehead atoms. The van der Waals surface area contributed by atoms with E-state index in [1.807, 2.05) is 20.8 Å². The molecule has 0 aromatic heterocycles. The molecule has 5 nitrogen and oxygen atoms in total. The van der Waals surface area contributed by atoms with Crippen LogP contribution in [-0.4, -0.2) is 42.3 Å². The number of hydrogen-bond donors (Lipinski definition) is 0. The minimum Gasteiger partial charge on any atom is -0.463 e. The molecular formula is C15H25NO4. The number of esters is 1. The second kappa shape index (κ2) is 6.77. The summed E-state index contributed by atoms with van der Waals surface area (Å²) in [5.41, 5.74) is 0.399. The maximum absolute atomic E-state index is 12.1. The molecule has 0 aliphatic carbocycles. The van der Waals surface area contributed by atoms with Crippen molar-refractivity contribution >= 4 is 12.1 Å². The van der Waals surface area contributed by atoms with Crippen LogP contribution in [0.4, 0.5) is 4.79 Å². The Balaban J connectivity index is 2.71. The van der Waals surface area contributed by atoms with Gasteiger partial charge < -0.3 is 14.4 Å². The Morgan fingerprint density at radius 1 is 1.40 bits per heavy atom. The van der Waals surface area contributed by atoms with Gasteiger partial charge in [-0.05, 0) is 45.6 Å². The molecule has 1 unspecified atom stereocenters. The molecular weight excluding hydrogens is 258 g/mol. The highest BCUT2D eigenvalue weighted by atomic mass is 16.6. The summed E-state index contributed by atoms with van der Waals surface area (Å²) in [7, 11) is 0. The molecule has 114 valence electrons. The van der Waals surface area contributed by atoms with Crippen molar-refractivity contribution in [2.75, 3.05) is 19.7 Å². The van der Waals surface area contributed by atoms with Crippen LogP contribution in [-0.2, 0) is 14.3 Å². The highest BCUT2D eigenvalue weighted by Crippen LogP contribution is 2.22. The van der Waals surface area contributed by atoms with Crippen LogP contribution in [0.5, 0.6) is 0 Å². The number of piperidine rings is 1. The van der Waals surface area contributed by atoms with E-state index in [1.165, 1.54) is 6.08 Å². The van der Waals surface area contributed by atoms with Crippen molar-refractivity contribution in [3.8, 4) is 0 Å². The lowest BCUT2D eigenvalue weighted by Gasteiger charge is -2.34. The van der Waals surface area contributed by atoms with Crippen LogP contribution in [0.15, 0.2) is 11.6 Å². The topological polar surface area (TPSA) is 55.8 Å². The van der Waals surface area contributed by atoms with Gasteiger partial charge in [-0.3, -0.25) is 0 Å². The Bertz CT molecular complexity index is 395. The van der Waals surface area contributed by atoms with Crippen LogP contribution >= 0.6 is 0 Å². The van der Waals surface area contributed by atoms with Crippen LogP contribution in [0.3, 0.4) is 0 Å². The van der Waals surface area contributed by atoms with Gasteiger partial charge in [-0.15, -0.1) is 0 Å². The molecule has 1 fully saturated rings. The van der Waals surface area contributed by atoms with E-state index in [0.29, 0.717) is 25.6 Å². The maximum atomic E-state index is 12.1. The largest absolute Gasteiger partial charge is 0.463 e. The Morgan fingerprint density at radius 2 is 2.05 bits per heavy atom. The number of nitrogens with zero attached hydrogens (tertiary/aromatic N) is 1. The number of rotatable bonds is 2. The van der Waals surface area contributed by atoms with Crippen LogP contribution in [0.25, 0.3) is 0 Å². The van der Waals surface area contributed by atoms with Gasteiger partial charge in [0.25, 0.3) is 0 Å². The Morgan fingerprint density at radius 3 is 2.60 bits per heavy atom. The first-order valence-corrected chi connectivity index (χ1v) is 7.05. The van der Waals surface area contributed by atoms with E-state index in [2.05, 4.69) is 6.92 Å². The van der Waals surface area contributed by atoms with Crippen molar-refractivity contribution in [3.05, 3.63) is 11.6 Å². The van der Waals surface area contributed by atoms with Crippen molar-refractivity contribution in [3.63, 3.8) is 0 Å². The zero-order chi connectivity index (χ0) is 15.3. The second-order valence-electron chi connectivity index (χ2n) is 6.22. The minimum atomic E-state index is -0.511. The van der Waals surface area contributed by atoms with E-state index in [-0.39, 0.29) is 12.1 Å². The zero-order valence-corrected chi connectivity index (χ0v) is 13.1. The maximum Gasteiger partial charge on any atom is 0.410 e. The Labute approximate surface area is 120 Å². The first-order valence-electron chi connectivity index (χ1n) is 7.05. The zero-order valence-electron chi connectivity index (χ0n) is 13.1. The van der Waals surface area contributed by atoms with Crippen LogP contribution < -0.4 is 0 Å². The van der Waals surface area contributed by atoms with Gasteiger partial charge in [-0.25, -0.2) is 9.59 Å². The van der Waals surface area contributed by atoms with Crippen LogP contribution in [0.1, 0.15) is 41.0 Å². The molecule has 0 spiro atoms. The minimum absolute atomic E-state index is 0.303.